The van der Waals surface area contributed by atoms with E-state index in [9.17, 15) is 0 Å². The summed E-state index contributed by atoms with van der Waals surface area (Å²) in [4.78, 5) is 13.1. The summed E-state index contributed by atoms with van der Waals surface area (Å²) in [6, 6.07) is 6.89. The van der Waals surface area contributed by atoms with Crippen LogP contribution in [-0.4, -0.2) is 37.5 Å². The van der Waals surface area contributed by atoms with Crippen LogP contribution in [-0.2, 0) is 15.9 Å². The number of ether oxygens (including phenoxy) is 2. The Morgan fingerprint density at radius 3 is 2.68 bits per heavy atom. The van der Waals surface area contributed by atoms with Crippen LogP contribution < -0.4 is 11.5 Å². The number of nitrogens with two attached hydrogens (primary N) is 2. The molecule has 6 rings (SSSR count). The number of rotatable bonds is 4. The summed E-state index contributed by atoms with van der Waals surface area (Å²) in [5, 5.41) is 1.77. The molecular formula is C27H30ClFN6O2. The van der Waals surface area contributed by atoms with Gasteiger partial charge in [0.05, 0.1) is 28.1 Å². The lowest BCUT2D eigenvalue weighted by molar-refractivity contribution is -0.168. The van der Waals surface area contributed by atoms with Crippen LogP contribution in [0.5, 0.6) is 0 Å². The van der Waals surface area contributed by atoms with Crippen LogP contribution >= 0.6 is 11.6 Å². The van der Waals surface area contributed by atoms with Gasteiger partial charge in [0.2, 0.25) is 0 Å². The highest BCUT2D eigenvalue weighted by molar-refractivity contribution is 6.33. The predicted molar refractivity (Wildman–Crippen MR) is 142 cm³/mol. The van der Waals surface area contributed by atoms with E-state index in [1.807, 2.05) is 26.8 Å². The molecule has 194 valence electrons. The van der Waals surface area contributed by atoms with Crippen molar-refractivity contribution in [3.63, 3.8) is 0 Å². The number of hydrogen-bond donors (Lipinski definition) is 2. The quantitative estimate of drug-likeness (QED) is 0.370. The molecule has 3 aromatic heterocycles. The first-order valence-electron chi connectivity index (χ1n) is 12.4. The van der Waals surface area contributed by atoms with Gasteiger partial charge in [-0.25, -0.2) is 19.3 Å². The smallest absolute Gasteiger partial charge is 0.163 e. The van der Waals surface area contributed by atoms with Crippen LogP contribution in [0.15, 0.2) is 30.6 Å². The molecule has 1 unspecified atom stereocenters. The fraction of sp³-hybridized carbons (Fsp3) is 0.444. The van der Waals surface area contributed by atoms with Crippen molar-refractivity contribution in [1.82, 2.24) is 19.5 Å². The van der Waals surface area contributed by atoms with Gasteiger partial charge in [0.15, 0.2) is 5.79 Å². The second-order valence-corrected chi connectivity index (χ2v) is 11.5. The summed E-state index contributed by atoms with van der Waals surface area (Å²) < 4.78 is 30.3. The van der Waals surface area contributed by atoms with Crippen molar-refractivity contribution >= 4 is 45.2 Å². The third kappa shape index (κ3) is 3.91. The van der Waals surface area contributed by atoms with Crippen molar-refractivity contribution in [2.45, 2.75) is 71.0 Å². The van der Waals surface area contributed by atoms with Gasteiger partial charge in [-0.3, -0.25) is 0 Å². The zero-order valence-corrected chi connectivity index (χ0v) is 22.0. The van der Waals surface area contributed by atoms with Gasteiger partial charge in [-0.2, -0.15) is 0 Å². The molecule has 2 aliphatic rings. The van der Waals surface area contributed by atoms with Gasteiger partial charge in [-0.15, -0.1) is 0 Å². The van der Waals surface area contributed by atoms with Crippen molar-refractivity contribution in [3.05, 3.63) is 52.7 Å². The van der Waals surface area contributed by atoms with Crippen molar-refractivity contribution in [1.29, 1.82) is 0 Å². The number of fused-ring (bicyclic) bond motifs is 3. The summed E-state index contributed by atoms with van der Waals surface area (Å²) >= 11 is 6.08. The van der Waals surface area contributed by atoms with E-state index in [-0.39, 0.29) is 35.3 Å². The number of nitrogens with zero attached hydrogens (tertiary/aromatic N) is 4. The summed E-state index contributed by atoms with van der Waals surface area (Å²) in [5.41, 5.74) is 14.8. The fourth-order valence-electron chi connectivity index (χ4n) is 6.23. The van der Waals surface area contributed by atoms with Gasteiger partial charge in [0.25, 0.3) is 0 Å². The Morgan fingerprint density at radius 1 is 1.11 bits per heavy atom. The van der Waals surface area contributed by atoms with Gasteiger partial charge in [0, 0.05) is 11.1 Å². The number of aryl methyl sites for hydroxylation is 2. The number of pyridine rings is 1. The van der Waals surface area contributed by atoms with Crippen molar-refractivity contribution < 1.29 is 13.9 Å². The zero-order valence-electron chi connectivity index (χ0n) is 21.3. The van der Waals surface area contributed by atoms with E-state index in [0.29, 0.717) is 40.1 Å². The van der Waals surface area contributed by atoms with Gasteiger partial charge in [-0.05, 0) is 75.3 Å². The highest BCUT2D eigenvalue weighted by Gasteiger charge is 2.60. The molecule has 4 heterocycles. The molecule has 0 bridgehead atoms. The highest BCUT2D eigenvalue weighted by atomic mass is 35.5. The van der Waals surface area contributed by atoms with Crippen LogP contribution in [0.25, 0.3) is 21.9 Å². The van der Waals surface area contributed by atoms with Crippen LogP contribution in [0.2, 0.25) is 5.02 Å². The SMILES string of the molecule is Cc1cc2c(N)ncnc2n1[C@@H]1CC(C)(CCc2cc3nc(N)c(Cl)cc3cc2F)[C@H]2OC(C)(C)O[C@@H]12. The Bertz CT molecular complexity index is 1560. The van der Waals surface area contributed by atoms with Gasteiger partial charge in [0.1, 0.15) is 35.5 Å². The number of aromatic nitrogens is 4. The number of nitrogen functional groups attached to an aromatic ring is 2. The van der Waals surface area contributed by atoms with E-state index in [4.69, 9.17) is 32.5 Å². The Balaban J connectivity index is 1.35. The maximum Gasteiger partial charge on any atom is 0.163 e. The molecule has 2 fully saturated rings. The van der Waals surface area contributed by atoms with Crippen LogP contribution in [0.3, 0.4) is 0 Å². The first-order chi connectivity index (χ1) is 17.5. The van der Waals surface area contributed by atoms with Crippen LogP contribution in [0, 0.1) is 18.2 Å². The lowest BCUT2D eigenvalue weighted by Crippen LogP contribution is -2.34. The minimum Gasteiger partial charge on any atom is -0.383 e. The van der Waals surface area contributed by atoms with E-state index < -0.39 is 5.79 Å². The second-order valence-electron chi connectivity index (χ2n) is 11.1. The normalized spacial score (nSPS) is 26.8. The standard InChI is InChI=1S/C27H30ClFN6O2/c1-13-7-16-23(30)32-12-33-25(16)35(13)20-11-27(4,22-21(20)36-26(2,3)37-22)6-5-14-10-19-15(9-18(14)29)8-17(28)24(31)34-19/h7-10,12,20-22H,5-6,11H2,1-4H3,(H2,31,34)(H2,30,32,33)/t20-,21+,22+,27?/m1/s1. The molecule has 8 nitrogen and oxygen atoms in total. The van der Waals surface area contributed by atoms with E-state index >= 15 is 4.39 Å². The molecule has 1 saturated heterocycles. The van der Waals surface area contributed by atoms with Crippen LogP contribution in [0.4, 0.5) is 16.0 Å². The summed E-state index contributed by atoms with van der Waals surface area (Å²) in [6.07, 6.45) is 3.14. The van der Waals surface area contributed by atoms with Crippen molar-refractivity contribution in [3.8, 4) is 0 Å². The number of hydrogen-bond acceptors (Lipinski definition) is 7. The maximum absolute atomic E-state index is 15.1. The molecule has 37 heavy (non-hydrogen) atoms. The van der Waals surface area contributed by atoms with Gasteiger partial charge in [-0.1, -0.05) is 18.5 Å². The Kier molecular flexibility index (Phi) is 5.42. The third-order valence-electron chi connectivity index (χ3n) is 7.99. The first-order valence-corrected chi connectivity index (χ1v) is 12.8. The van der Waals surface area contributed by atoms with Gasteiger partial charge >= 0.3 is 0 Å². The molecular weight excluding hydrogens is 495 g/mol. The van der Waals surface area contributed by atoms with E-state index in [0.717, 1.165) is 23.1 Å². The Hall–Kier alpha value is -3.01. The molecule has 0 radical (unpaired) electrons. The molecule has 4 atom stereocenters. The monoisotopic (exact) mass is 524 g/mol. The average Bonchev–Trinajstić information content (AvgIpc) is 3.42. The minimum atomic E-state index is -0.727. The Labute approximate surface area is 219 Å². The van der Waals surface area contributed by atoms with Crippen LogP contribution in [0.1, 0.15) is 50.9 Å². The van der Waals surface area contributed by atoms with Crippen molar-refractivity contribution in [2.75, 3.05) is 11.5 Å². The van der Waals surface area contributed by atoms with Crippen molar-refractivity contribution in [2.24, 2.45) is 5.41 Å². The van der Waals surface area contributed by atoms with E-state index in [2.05, 4.69) is 26.4 Å². The van der Waals surface area contributed by atoms with E-state index in [1.165, 1.54) is 12.4 Å². The van der Waals surface area contributed by atoms with Gasteiger partial charge < -0.3 is 25.5 Å². The highest BCUT2D eigenvalue weighted by Crippen LogP contribution is 2.56. The van der Waals surface area contributed by atoms with E-state index in [1.54, 1.807) is 12.1 Å². The molecule has 1 aliphatic carbocycles. The predicted octanol–water partition coefficient (Wildman–Crippen LogP) is 5.35. The summed E-state index contributed by atoms with van der Waals surface area (Å²) in [6.45, 7) is 8.12. The largest absolute Gasteiger partial charge is 0.383 e. The molecule has 0 spiro atoms. The molecule has 1 aliphatic heterocycles. The second kappa shape index (κ2) is 8.24. The zero-order chi connectivity index (χ0) is 26.3. The lowest BCUT2D eigenvalue weighted by atomic mass is 9.80. The topological polar surface area (TPSA) is 114 Å². The molecule has 10 heteroatoms. The number of halogens is 2. The summed E-state index contributed by atoms with van der Waals surface area (Å²) in [5.74, 6) is -0.323. The molecule has 1 aromatic carbocycles. The Morgan fingerprint density at radius 2 is 1.89 bits per heavy atom. The molecule has 0 amide bonds. The lowest BCUT2D eigenvalue weighted by Gasteiger charge is -2.32. The molecule has 4 N–H and O–H groups in total. The first kappa shape index (κ1) is 24.3. The number of anilines is 2. The average molecular weight is 525 g/mol. The molecule has 1 saturated carbocycles. The maximum atomic E-state index is 15.1. The number of benzene rings is 1. The minimum absolute atomic E-state index is 0.0198. The molecule has 4 aromatic rings. The summed E-state index contributed by atoms with van der Waals surface area (Å²) in [7, 11) is 0. The fourth-order valence-corrected chi connectivity index (χ4v) is 6.39. The third-order valence-corrected chi connectivity index (χ3v) is 8.29.